The van der Waals surface area contributed by atoms with E-state index in [1.54, 1.807) is 16.8 Å². The van der Waals surface area contributed by atoms with Gasteiger partial charge in [0.05, 0.1) is 11.9 Å². The second kappa shape index (κ2) is 10.5. The SMILES string of the molecule is CN(C)CCNC(=O)CCC1CCN(Cc2cnn(-c3ccc(F)cc3)c2)CC1. The van der Waals surface area contributed by atoms with Crippen molar-refractivity contribution in [3.8, 4) is 5.69 Å². The minimum atomic E-state index is -0.241. The summed E-state index contributed by atoms with van der Waals surface area (Å²) in [5.41, 5.74) is 2.02. The molecule has 0 spiro atoms. The fraction of sp³-hybridized carbons (Fsp3) is 0.545. The van der Waals surface area contributed by atoms with Crippen LogP contribution in [-0.2, 0) is 11.3 Å². The van der Waals surface area contributed by atoms with E-state index in [0.717, 1.165) is 63.2 Å². The van der Waals surface area contributed by atoms with Crippen molar-refractivity contribution in [1.82, 2.24) is 24.9 Å². The fourth-order valence-electron chi connectivity index (χ4n) is 3.71. The molecule has 29 heavy (non-hydrogen) atoms. The Kier molecular flexibility index (Phi) is 7.77. The molecule has 2 aromatic rings. The van der Waals surface area contributed by atoms with Crippen molar-refractivity contribution < 1.29 is 9.18 Å². The highest BCUT2D eigenvalue weighted by Gasteiger charge is 2.20. The van der Waals surface area contributed by atoms with Gasteiger partial charge in [-0.15, -0.1) is 0 Å². The summed E-state index contributed by atoms with van der Waals surface area (Å²) in [5, 5.41) is 7.39. The summed E-state index contributed by atoms with van der Waals surface area (Å²) in [6, 6.07) is 6.36. The van der Waals surface area contributed by atoms with Gasteiger partial charge in [0.25, 0.3) is 0 Å². The lowest BCUT2D eigenvalue weighted by atomic mass is 9.92. The number of piperidine rings is 1. The molecular formula is C22H32FN5O. The maximum atomic E-state index is 13.1. The van der Waals surface area contributed by atoms with E-state index in [1.807, 2.05) is 26.5 Å². The number of hydrogen-bond acceptors (Lipinski definition) is 4. The predicted molar refractivity (Wildman–Crippen MR) is 112 cm³/mol. The average molecular weight is 402 g/mol. The first kappa shape index (κ1) is 21.5. The number of carbonyl (C=O) groups is 1. The number of nitrogens with zero attached hydrogens (tertiary/aromatic N) is 4. The lowest BCUT2D eigenvalue weighted by Gasteiger charge is -2.31. The van der Waals surface area contributed by atoms with E-state index in [9.17, 15) is 9.18 Å². The first-order chi connectivity index (χ1) is 14.0. The second-order valence-corrected chi connectivity index (χ2v) is 8.18. The molecule has 1 N–H and O–H groups in total. The van der Waals surface area contributed by atoms with Crippen LogP contribution in [0.25, 0.3) is 5.69 Å². The molecule has 1 amide bonds. The molecule has 6 nitrogen and oxygen atoms in total. The van der Waals surface area contributed by atoms with Gasteiger partial charge in [-0.25, -0.2) is 9.07 Å². The Morgan fingerprint density at radius 3 is 2.66 bits per heavy atom. The molecule has 0 unspecified atom stereocenters. The summed E-state index contributed by atoms with van der Waals surface area (Å²) in [6.45, 7) is 4.57. The zero-order valence-electron chi connectivity index (χ0n) is 17.5. The Labute approximate surface area is 172 Å². The molecule has 0 radical (unpaired) electrons. The standard InChI is InChI=1S/C22H32FN5O/c1-26(2)14-11-24-22(29)8-3-18-9-12-27(13-10-18)16-19-15-25-28(17-19)21-6-4-20(23)5-7-21/h4-7,15,17-18H,3,8-14,16H2,1-2H3,(H,24,29). The van der Waals surface area contributed by atoms with E-state index in [4.69, 9.17) is 0 Å². The quantitative estimate of drug-likeness (QED) is 0.702. The molecule has 0 atom stereocenters. The second-order valence-electron chi connectivity index (χ2n) is 8.18. The lowest BCUT2D eigenvalue weighted by Crippen LogP contribution is -2.34. The van der Waals surface area contributed by atoms with Crippen molar-refractivity contribution in [2.45, 2.75) is 32.2 Å². The topological polar surface area (TPSA) is 53.4 Å². The van der Waals surface area contributed by atoms with Gasteiger partial charge in [-0.3, -0.25) is 9.69 Å². The molecule has 0 aliphatic carbocycles. The maximum absolute atomic E-state index is 13.1. The van der Waals surface area contributed by atoms with Crippen molar-refractivity contribution in [3.05, 3.63) is 48.0 Å². The van der Waals surface area contributed by atoms with Crippen LogP contribution in [0.5, 0.6) is 0 Å². The van der Waals surface area contributed by atoms with Crippen LogP contribution in [0.2, 0.25) is 0 Å². The highest BCUT2D eigenvalue weighted by atomic mass is 19.1. The van der Waals surface area contributed by atoms with Crippen LogP contribution < -0.4 is 5.32 Å². The number of benzene rings is 1. The van der Waals surface area contributed by atoms with Gasteiger partial charge in [-0.05, 0) is 76.6 Å². The van der Waals surface area contributed by atoms with Gasteiger partial charge in [-0.1, -0.05) is 0 Å². The van der Waals surface area contributed by atoms with Gasteiger partial charge in [0.15, 0.2) is 0 Å². The summed E-state index contributed by atoms with van der Waals surface area (Å²) in [5.74, 6) is 0.560. The zero-order valence-corrected chi connectivity index (χ0v) is 17.5. The molecular weight excluding hydrogens is 369 g/mol. The van der Waals surface area contributed by atoms with E-state index in [0.29, 0.717) is 12.3 Å². The van der Waals surface area contributed by atoms with Gasteiger partial charge >= 0.3 is 0 Å². The summed E-state index contributed by atoms with van der Waals surface area (Å²) in [6.07, 6.45) is 7.77. The third-order valence-corrected chi connectivity index (χ3v) is 5.50. The fourth-order valence-corrected chi connectivity index (χ4v) is 3.71. The molecule has 1 aromatic carbocycles. The van der Waals surface area contributed by atoms with E-state index >= 15 is 0 Å². The Morgan fingerprint density at radius 1 is 1.24 bits per heavy atom. The normalized spacial score (nSPS) is 15.7. The third-order valence-electron chi connectivity index (χ3n) is 5.50. The monoisotopic (exact) mass is 401 g/mol. The molecule has 158 valence electrons. The molecule has 3 rings (SSSR count). The van der Waals surface area contributed by atoms with E-state index in [-0.39, 0.29) is 11.7 Å². The van der Waals surface area contributed by atoms with Crippen molar-refractivity contribution in [1.29, 1.82) is 0 Å². The van der Waals surface area contributed by atoms with Crippen LogP contribution in [0.3, 0.4) is 0 Å². The first-order valence-electron chi connectivity index (χ1n) is 10.4. The molecule has 0 saturated carbocycles. The highest BCUT2D eigenvalue weighted by molar-refractivity contribution is 5.75. The zero-order chi connectivity index (χ0) is 20.6. The Balaban J connectivity index is 1.37. The molecule has 1 aliphatic rings. The predicted octanol–water partition coefficient (Wildman–Crippen LogP) is 2.68. The van der Waals surface area contributed by atoms with Gasteiger partial charge < -0.3 is 10.2 Å². The summed E-state index contributed by atoms with van der Waals surface area (Å²) < 4.78 is 14.9. The number of carbonyl (C=O) groups excluding carboxylic acids is 1. The number of likely N-dealkylation sites (N-methyl/N-ethyl adjacent to an activating group) is 1. The molecule has 1 fully saturated rings. The van der Waals surface area contributed by atoms with Crippen molar-refractivity contribution in [2.24, 2.45) is 5.92 Å². The van der Waals surface area contributed by atoms with E-state index in [2.05, 4.69) is 20.2 Å². The van der Waals surface area contributed by atoms with Gasteiger partial charge in [0.1, 0.15) is 5.82 Å². The smallest absolute Gasteiger partial charge is 0.220 e. The minimum Gasteiger partial charge on any atom is -0.355 e. The first-order valence-corrected chi connectivity index (χ1v) is 10.4. The molecule has 1 saturated heterocycles. The summed E-state index contributed by atoms with van der Waals surface area (Å²) >= 11 is 0. The number of hydrogen-bond donors (Lipinski definition) is 1. The van der Waals surface area contributed by atoms with Crippen LogP contribution in [0, 0.1) is 11.7 Å². The van der Waals surface area contributed by atoms with Crippen molar-refractivity contribution >= 4 is 5.91 Å². The van der Waals surface area contributed by atoms with E-state index in [1.165, 1.54) is 12.1 Å². The van der Waals surface area contributed by atoms with E-state index < -0.39 is 0 Å². The molecule has 1 aromatic heterocycles. The van der Waals surface area contributed by atoms with Crippen LogP contribution in [0.1, 0.15) is 31.2 Å². The highest BCUT2D eigenvalue weighted by Crippen LogP contribution is 2.23. The van der Waals surface area contributed by atoms with Crippen LogP contribution in [0.4, 0.5) is 4.39 Å². The number of rotatable bonds is 9. The van der Waals surface area contributed by atoms with Gasteiger partial charge in [-0.2, -0.15) is 5.10 Å². The molecule has 1 aliphatic heterocycles. The lowest BCUT2D eigenvalue weighted by molar-refractivity contribution is -0.121. The van der Waals surface area contributed by atoms with Gasteiger partial charge in [0, 0.05) is 37.8 Å². The number of nitrogens with one attached hydrogen (secondary N) is 1. The number of halogens is 1. The van der Waals surface area contributed by atoms with Crippen LogP contribution in [-0.4, -0.2) is 65.8 Å². The molecule has 0 bridgehead atoms. The largest absolute Gasteiger partial charge is 0.355 e. The summed E-state index contributed by atoms with van der Waals surface area (Å²) in [7, 11) is 4.02. The molecule has 2 heterocycles. The van der Waals surface area contributed by atoms with Crippen molar-refractivity contribution in [3.63, 3.8) is 0 Å². The number of aromatic nitrogens is 2. The van der Waals surface area contributed by atoms with Crippen LogP contribution >= 0.6 is 0 Å². The Morgan fingerprint density at radius 2 is 1.97 bits per heavy atom. The maximum Gasteiger partial charge on any atom is 0.220 e. The Hall–Kier alpha value is -2.25. The van der Waals surface area contributed by atoms with Crippen LogP contribution in [0.15, 0.2) is 36.7 Å². The molecule has 7 heteroatoms. The Bertz CT molecular complexity index is 766. The minimum absolute atomic E-state index is 0.169. The van der Waals surface area contributed by atoms with Gasteiger partial charge in [0.2, 0.25) is 5.91 Å². The number of amides is 1. The third kappa shape index (κ3) is 6.94. The number of likely N-dealkylation sites (tertiary alicyclic amines) is 1. The average Bonchev–Trinajstić information content (AvgIpc) is 3.16. The van der Waals surface area contributed by atoms with Crippen molar-refractivity contribution in [2.75, 3.05) is 40.3 Å². The summed E-state index contributed by atoms with van der Waals surface area (Å²) in [4.78, 5) is 16.5.